The van der Waals surface area contributed by atoms with Gasteiger partial charge in [0.05, 0.1) is 16.1 Å². The molecule has 5 nitrogen and oxygen atoms in total. The van der Waals surface area contributed by atoms with Crippen molar-refractivity contribution in [2.24, 2.45) is 5.73 Å². The fraction of sp³-hybridized carbons (Fsp3) is 0.467. The third kappa shape index (κ3) is 5.16. The van der Waals surface area contributed by atoms with Crippen molar-refractivity contribution in [1.82, 2.24) is 4.90 Å². The molecular weight excluding hydrogens is 325 g/mol. The second kappa shape index (κ2) is 8.36. The number of nitrogens with two attached hydrogens (primary N) is 1. The number of hydrogen-bond acceptors (Lipinski definition) is 3. The van der Waals surface area contributed by atoms with Crippen molar-refractivity contribution >= 4 is 41.5 Å². The minimum Gasteiger partial charge on any atom is -0.345 e. The second-order valence-electron chi connectivity index (χ2n) is 5.52. The van der Waals surface area contributed by atoms with E-state index in [1.165, 1.54) is 4.90 Å². The van der Waals surface area contributed by atoms with Gasteiger partial charge in [0.25, 0.3) is 5.91 Å². The van der Waals surface area contributed by atoms with Crippen molar-refractivity contribution in [3.05, 3.63) is 28.8 Å². The average Bonchev–Trinajstić information content (AvgIpc) is 2.39. The first-order valence-corrected chi connectivity index (χ1v) is 7.18. The van der Waals surface area contributed by atoms with Crippen LogP contribution < -0.4 is 11.1 Å². The molecule has 7 heteroatoms. The van der Waals surface area contributed by atoms with Crippen molar-refractivity contribution in [2.75, 3.05) is 19.4 Å². The molecule has 0 saturated heterocycles. The molecule has 0 aliphatic rings. The van der Waals surface area contributed by atoms with E-state index in [9.17, 15) is 9.59 Å². The maximum atomic E-state index is 12.2. The Kier molecular flexibility index (Phi) is 7.87. The van der Waals surface area contributed by atoms with E-state index in [2.05, 4.69) is 5.32 Å². The van der Waals surface area contributed by atoms with Crippen molar-refractivity contribution in [1.29, 1.82) is 0 Å². The summed E-state index contributed by atoms with van der Waals surface area (Å²) in [4.78, 5) is 25.6. The third-order valence-corrected chi connectivity index (χ3v) is 3.48. The summed E-state index contributed by atoms with van der Waals surface area (Å²) in [6.45, 7) is 3.65. The first-order valence-electron chi connectivity index (χ1n) is 6.80. The van der Waals surface area contributed by atoms with Crippen LogP contribution in [0, 0.1) is 0 Å². The minimum absolute atomic E-state index is 0. The van der Waals surface area contributed by atoms with E-state index in [4.69, 9.17) is 17.3 Å². The second-order valence-corrected chi connectivity index (χ2v) is 5.92. The van der Waals surface area contributed by atoms with Gasteiger partial charge in [-0.3, -0.25) is 9.59 Å². The molecule has 1 unspecified atom stereocenters. The Hall–Kier alpha value is -1.30. The molecule has 0 aromatic heterocycles. The number of halogens is 2. The molecule has 3 N–H and O–H groups in total. The molecular formula is C15H23Cl2N3O2. The summed E-state index contributed by atoms with van der Waals surface area (Å²) in [5.74, 6) is -0.505. The fourth-order valence-corrected chi connectivity index (χ4v) is 2.11. The lowest BCUT2D eigenvalue weighted by molar-refractivity contribution is -0.120. The summed E-state index contributed by atoms with van der Waals surface area (Å²) in [5, 5.41) is 3.08. The van der Waals surface area contributed by atoms with E-state index in [-0.39, 0.29) is 24.2 Å². The number of hydrogen-bond donors (Lipinski definition) is 2. The predicted molar refractivity (Wildman–Crippen MR) is 92.8 cm³/mol. The molecule has 0 aliphatic carbocycles. The summed E-state index contributed by atoms with van der Waals surface area (Å²) in [6.07, 6.45) is 1.39. The maximum absolute atomic E-state index is 12.2. The number of amides is 2. The van der Waals surface area contributed by atoms with E-state index in [0.29, 0.717) is 22.7 Å². The lowest BCUT2D eigenvalue weighted by Gasteiger charge is -2.23. The molecule has 124 valence electrons. The van der Waals surface area contributed by atoms with E-state index >= 15 is 0 Å². The Labute approximate surface area is 142 Å². The van der Waals surface area contributed by atoms with Crippen LogP contribution in [-0.2, 0) is 4.79 Å². The predicted octanol–water partition coefficient (Wildman–Crippen LogP) is 2.92. The number of anilines is 1. The molecule has 1 aromatic rings. The van der Waals surface area contributed by atoms with Gasteiger partial charge in [0.15, 0.2) is 0 Å². The Morgan fingerprint density at radius 2 is 1.95 bits per heavy atom. The normalized spacial score (nSPS) is 12.8. The average molecular weight is 348 g/mol. The summed E-state index contributed by atoms with van der Waals surface area (Å²) in [7, 11) is 3.28. The van der Waals surface area contributed by atoms with Crippen LogP contribution in [0.2, 0.25) is 5.02 Å². The number of nitrogens with zero attached hydrogens (tertiary/aromatic N) is 1. The Balaban J connectivity index is 0.00000441. The highest BCUT2D eigenvalue weighted by Crippen LogP contribution is 2.22. The number of rotatable bonds is 5. The standard InChI is InChI=1S/C15H22ClN3O2.ClH/c1-5-8-15(2,17)14(21)18-10-6-7-12(16)11(9-10)13(20)19(3)4;/h6-7,9H,5,8,17H2,1-4H3,(H,18,21);1H. The number of carbonyl (C=O) groups is 2. The third-order valence-electron chi connectivity index (χ3n) is 3.15. The minimum atomic E-state index is -0.944. The smallest absolute Gasteiger partial charge is 0.254 e. The Bertz CT molecular complexity index is 546. The molecule has 0 aliphatic heterocycles. The lowest BCUT2D eigenvalue weighted by atomic mass is 9.96. The van der Waals surface area contributed by atoms with Crippen LogP contribution in [0.4, 0.5) is 5.69 Å². The van der Waals surface area contributed by atoms with E-state index in [1.54, 1.807) is 39.2 Å². The lowest BCUT2D eigenvalue weighted by Crippen LogP contribution is -2.48. The quantitative estimate of drug-likeness (QED) is 0.859. The number of carbonyl (C=O) groups excluding carboxylic acids is 2. The van der Waals surface area contributed by atoms with Gasteiger partial charge in [0, 0.05) is 19.8 Å². The van der Waals surface area contributed by atoms with Crippen LogP contribution >= 0.6 is 24.0 Å². The highest BCUT2D eigenvalue weighted by Gasteiger charge is 2.27. The highest BCUT2D eigenvalue weighted by atomic mass is 35.5. The Morgan fingerprint density at radius 1 is 1.36 bits per heavy atom. The maximum Gasteiger partial charge on any atom is 0.254 e. The molecule has 0 fully saturated rings. The van der Waals surface area contributed by atoms with Gasteiger partial charge in [-0.15, -0.1) is 12.4 Å². The molecule has 22 heavy (non-hydrogen) atoms. The van der Waals surface area contributed by atoms with Gasteiger partial charge < -0.3 is 16.0 Å². The van der Waals surface area contributed by atoms with Crippen LogP contribution in [0.25, 0.3) is 0 Å². The molecule has 2 amide bonds. The van der Waals surface area contributed by atoms with Crippen molar-refractivity contribution < 1.29 is 9.59 Å². The number of benzene rings is 1. The van der Waals surface area contributed by atoms with Crippen molar-refractivity contribution in [3.63, 3.8) is 0 Å². The summed E-state index contributed by atoms with van der Waals surface area (Å²) >= 11 is 6.03. The van der Waals surface area contributed by atoms with Gasteiger partial charge in [0.2, 0.25) is 5.91 Å². The molecule has 1 rings (SSSR count). The molecule has 0 saturated carbocycles. The first kappa shape index (κ1) is 20.7. The van der Waals surface area contributed by atoms with Gasteiger partial charge in [-0.05, 0) is 31.5 Å². The zero-order chi connectivity index (χ0) is 16.2. The monoisotopic (exact) mass is 347 g/mol. The van der Waals surface area contributed by atoms with Gasteiger partial charge in [-0.1, -0.05) is 24.9 Å². The van der Waals surface area contributed by atoms with E-state index in [0.717, 1.165) is 6.42 Å². The molecule has 1 atom stereocenters. The topological polar surface area (TPSA) is 75.4 Å². The summed E-state index contributed by atoms with van der Waals surface area (Å²) < 4.78 is 0. The van der Waals surface area contributed by atoms with E-state index < -0.39 is 5.54 Å². The van der Waals surface area contributed by atoms with Crippen LogP contribution in [0.3, 0.4) is 0 Å². The van der Waals surface area contributed by atoms with E-state index in [1.807, 2.05) is 6.92 Å². The van der Waals surface area contributed by atoms with Crippen LogP contribution in [0.1, 0.15) is 37.0 Å². The highest BCUT2D eigenvalue weighted by molar-refractivity contribution is 6.34. The van der Waals surface area contributed by atoms with Gasteiger partial charge in [-0.2, -0.15) is 0 Å². The number of nitrogens with one attached hydrogen (secondary N) is 1. The molecule has 1 aromatic carbocycles. The molecule has 0 bridgehead atoms. The van der Waals surface area contributed by atoms with Crippen molar-refractivity contribution in [3.8, 4) is 0 Å². The van der Waals surface area contributed by atoms with Crippen LogP contribution in [0.15, 0.2) is 18.2 Å². The van der Waals surface area contributed by atoms with Crippen LogP contribution in [-0.4, -0.2) is 36.3 Å². The Morgan fingerprint density at radius 3 is 2.45 bits per heavy atom. The summed E-state index contributed by atoms with van der Waals surface area (Å²) in [6, 6.07) is 4.79. The molecule has 0 heterocycles. The molecule has 0 radical (unpaired) electrons. The first-order chi connectivity index (χ1) is 9.69. The fourth-order valence-electron chi connectivity index (χ4n) is 1.91. The summed E-state index contributed by atoms with van der Waals surface area (Å²) in [5.41, 5.74) is 5.88. The zero-order valence-electron chi connectivity index (χ0n) is 13.3. The largest absolute Gasteiger partial charge is 0.345 e. The SMILES string of the molecule is CCCC(C)(N)C(=O)Nc1ccc(Cl)c(C(=O)N(C)C)c1.Cl. The van der Waals surface area contributed by atoms with Crippen molar-refractivity contribution in [2.45, 2.75) is 32.2 Å². The molecule has 0 spiro atoms. The van der Waals surface area contributed by atoms with Crippen LogP contribution in [0.5, 0.6) is 0 Å². The van der Waals surface area contributed by atoms with Gasteiger partial charge >= 0.3 is 0 Å². The van der Waals surface area contributed by atoms with Gasteiger partial charge in [0.1, 0.15) is 0 Å². The zero-order valence-corrected chi connectivity index (χ0v) is 14.8. The van der Waals surface area contributed by atoms with Gasteiger partial charge in [-0.25, -0.2) is 0 Å².